The third kappa shape index (κ3) is 1.99. The van der Waals surface area contributed by atoms with Crippen molar-refractivity contribution in [3.8, 4) is 0 Å². The van der Waals surface area contributed by atoms with E-state index in [0.29, 0.717) is 5.56 Å². The maximum Gasteiger partial charge on any atom is 0.339 e. The van der Waals surface area contributed by atoms with Crippen LogP contribution in [0.2, 0.25) is 0 Å². The standard InChI is InChI=1S/C11H13NO2/c1-4-8-6-9(11(13)14-3)7-12-10(8)5-2/h4-7H,1-3H3. The van der Waals surface area contributed by atoms with Gasteiger partial charge in [-0.1, -0.05) is 12.2 Å². The first-order valence-corrected chi connectivity index (χ1v) is 4.40. The monoisotopic (exact) mass is 191 g/mol. The lowest BCUT2D eigenvalue weighted by atomic mass is 10.2. The third-order valence-corrected chi connectivity index (χ3v) is 1.96. The molecule has 1 aromatic rings. The van der Waals surface area contributed by atoms with Gasteiger partial charge >= 0.3 is 5.97 Å². The highest BCUT2D eigenvalue weighted by Crippen LogP contribution is 1.92. The molecule has 0 N–H and O–H groups in total. The van der Waals surface area contributed by atoms with Crippen LogP contribution in [-0.2, 0) is 4.74 Å². The number of hydrogen-bond donors (Lipinski definition) is 0. The van der Waals surface area contributed by atoms with Crippen LogP contribution in [0, 0.1) is 0 Å². The van der Waals surface area contributed by atoms with Gasteiger partial charge < -0.3 is 4.74 Å². The summed E-state index contributed by atoms with van der Waals surface area (Å²) in [5.74, 6) is -0.358. The van der Waals surface area contributed by atoms with Crippen LogP contribution in [0.5, 0.6) is 0 Å². The Morgan fingerprint density at radius 2 is 2.14 bits per heavy atom. The summed E-state index contributed by atoms with van der Waals surface area (Å²) in [7, 11) is 1.36. The Hall–Kier alpha value is -1.64. The van der Waals surface area contributed by atoms with E-state index in [9.17, 15) is 4.79 Å². The number of methoxy groups -OCH3 is 1. The molecule has 0 unspecified atom stereocenters. The van der Waals surface area contributed by atoms with Crippen LogP contribution >= 0.6 is 0 Å². The lowest BCUT2D eigenvalue weighted by molar-refractivity contribution is 0.0600. The number of ether oxygens (including phenoxy) is 1. The maximum atomic E-state index is 11.2. The molecule has 0 aliphatic heterocycles. The van der Waals surface area contributed by atoms with Gasteiger partial charge in [-0.2, -0.15) is 0 Å². The summed E-state index contributed by atoms with van der Waals surface area (Å²) in [5, 5.41) is 1.82. The average Bonchev–Trinajstić information content (AvgIpc) is 2.26. The quantitative estimate of drug-likeness (QED) is 0.606. The second-order valence-corrected chi connectivity index (χ2v) is 2.77. The molecular weight excluding hydrogens is 178 g/mol. The van der Waals surface area contributed by atoms with Crippen LogP contribution in [0.1, 0.15) is 24.2 Å². The first kappa shape index (κ1) is 10.4. The summed E-state index contributed by atoms with van der Waals surface area (Å²) < 4.78 is 4.61. The number of nitrogens with zero attached hydrogens (tertiary/aromatic N) is 1. The zero-order valence-electron chi connectivity index (χ0n) is 8.57. The number of rotatable bonds is 1. The molecule has 0 aromatic carbocycles. The van der Waals surface area contributed by atoms with Crippen LogP contribution in [0.4, 0.5) is 0 Å². The summed E-state index contributed by atoms with van der Waals surface area (Å²) in [5.41, 5.74) is 0.478. The second kappa shape index (κ2) is 4.56. The molecule has 1 heterocycles. The van der Waals surface area contributed by atoms with Crippen molar-refractivity contribution in [2.75, 3.05) is 7.11 Å². The Bertz CT molecular complexity index is 449. The molecule has 0 aliphatic rings. The third-order valence-electron chi connectivity index (χ3n) is 1.96. The Labute approximate surface area is 82.7 Å². The summed E-state index contributed by atoms with van der Waals surface area (Å²) in [6, 6.07) is 1.77. The molecule has 0 fully saturated rings. The van der Waals surface area contributed by atoms with E-state index in [1.54, 1.807) is 6.07 Å². The van der Waals surface area contributed by atoms with Crippen LogP contribution < -0.4 is 10.6 Å². The molecule has 74 valence electrons. The first-order valence-electron chi connectivity index (χ1n) is 4.40. The minimum absolute atomic E-state index is 0.358. The highest BCUT2D eigenvalue weighted by atomic mass is 16.5. The highest BCUT2D eigenvalue weighted by Gasteiger charge is 2.04. The number of hydrogen-bond acceptors (Lipinski definition) is 3. The predicted octanol–water partition coefficient (Wildman–Crippen LogP) is 0.469. The Balaban J connectivity index is 3.37. The molecule has 3 nitrogen and oxygen atoms in total. The number of esters is 1. The van der Waals surface area contributed by atoms with E-state index in [1.165, 1.54) is 13.3 Å². The Morgan fingerprint density at radius 3 is 2.64 bits per heavy atom. The zero-order chi connectivity index (χ0) is 10.6. The van der Waals surface area contributed by atoms with E-state index >= 15 is 0 Å². The summed E-state index contributed by atoms with van der Waals surface area (Å²) in [4.78, 5) is 15.3. The van der Waals surface area contributed by atoms with Crippen molar-refractivity contribution in [2.45, 2.75) is 13.8 Å². The first-order chi connectivity index (χ1) is 6.72. The minimum Gasteiger partial charge on any atom is -0.465 e. The maximum absolute atomic E-state index is 11.2. The van der Waals surface area contributed by atoms with Crippen molar-refractivity contribution in [3.05, 3.63) is 28.4 Å². The van der Waals surface area contributed by atoms with E-state index in [-0.39, 0.29) is 5.97 Å². The molecule has 0 saturated carbocycles. The number of aromatic nitrogens is 1. The van der Waals surface area contributed by atoms with Gasteiger partial charge in [0.15, 0.2) is 0 Å². The highest BCUT2D eigenvalue weighted by molar-refractivity contribution is 5.88. The minimum atomic E-state index is -0.358. The molecule has 0 aliphatic carbocycles. The normalized spacial score (nSPS) is 13.1. The Morgan fingerprint density at radius 1 is 1.43 bits per heavy atom. The predicted molar refractivity (Wildman–Crippen MR) is 55.1 cm³/mol. The molecule has 1 rings (SSSR count). The second-order valence-electron chi connectivity index (χ2n) is 2.77. The van der Waals surface area contributed by atoms with Crippen molar-refractivity contribution in [3.63, 3.8) is 0 Å². The molecule has 0 amide bonds. The zero-order valence-corrected chi connectivity index (χ0v) is 8.57. The number of carbonyl (C=O) groups excluding carboxylic acids is 1. The van der Waals surface area contributed by atoms with E-state index in [4.69, 9.17) is 0 Å². The van der Waals surface area contributed by atoms with E-state index < -0.39 is 0 Å². The van der Waals surface area contributed by atoms with Gasteiger partial charge in [0.2, 0.25) is 0 Å². The van der Waals surface area contributed by atoms with Gasteiger partial charge in [0, 0.05) is 6.20 Å². The Kier molecular flexibility index (Phi) is 3.40. The molecule has 1 aromatic heterocycles. The topological polar surface area (TPSA) is 39.2 Å². The molecule has 0 bridgehead atoms. The number of pyridine rings is 1. The fraction of sp³-hybridized carbons (Fsp3) is 0.273. The molecule has 14 heavy (non-hydrogen) atoms. The summed E-state index contributed by atoms with van der Waals surface area (Å²) in [6.45, 7) is 3.82. The van der Waals surface area contributed by atoms with Gasteiger partial charge in [0.1, 0.15) is 0 Å². The van der Waals surface area contributed by atoms with Gasteiger partial charge in [0.05, 0.1) is 18.0 Å². The van der Waals surface area contributed by atoms with Crippen LogP contribution in [0.3, 0.4) is 0 Å². The van der Waals surface area contributed by atoms with Crippen LogP contribution in [-0.4, -0.2) is 18.1 Å². The van der Waals surface area contributed by atoms with Crippen molar-refractivity contribution in [1.29, 1.82) is 0 Å². The molecular formula is C11H13NO2. The molecule has 0 atom stereocenters. The molecule has 3 heteroatoms. The largest absolute Gasteiger partial charge is 0.465 e. The van der Waals surface area contributed by atoms with Crippen LogP contribution in [0.15, 0.2) is 12.3 Å². The number of carbonyl (C=O) groups is 1. The van der Waals surface area contributed by atoms with E-state index in [0.717, 1.165) is 10.6 Å². The van der Waals surface area contributed by atoms with Gasteiger partial charge in [-0.25, -0.2) is 4.79 Å². The van der Waals surface area contributed by atoms with Gasteiger partial charge in [-0.15, -0.1) is 0 Å². The lowest BCUT2D eigenvalue weighted by Gasteiger charge is -1.97. The molecule has 0 radical (unpaired) electrons. The van der Waals surface area contributed by atoms with Crippen molar-refractivity contribution in [2.24, 2.45) is 0 Å². The van der Waals surface area contributed by atoms with E-state index in [1.807, 2.05) is 26.0 Å². The van der Waals surface area contributed by atoms with Gasteiger partial charge in [-0.05, 0) is 25.1 Å². The average molecular weight is 191 g/mol. The van der Waals surface area contributed by atoms with Crippen molar-refractivity contribution < 1.29 is 9.53 Å². The summed E-state index contributed by atoms with van der Waals surface area (Å²) >= 11 is 0. The molecule has 0 spiro atoms. The molecule has 0 saturated heterocycles. The fourth-order valence-electron chi connectivity index (χ4n) is 1.19. The van der Waals surface area contributed by atoms with Crippen molar-refractivity contribution in [1.82, 2.24) is 4.98 Å². The van der Waals surface area contributed by atoms with Gasteiger partial charge in [-0.3, -0.25) is 4.98 Å². The van der Waals surface area contributed by atoms with Gasteiger partial charge in [0.25, 0.3) is 0 Å². The lowest BCUT2D eigenvalue weighted by Crippen LogP contribution is -2.28. The summed E-state index contributed by atoms with van der Waals surface area (Å²) in [6.07, 6.45) is 5.33. The SMILES string of the molecule is CC=c1cc(C(=O)OC)cnc1=CC. The van der Waals surface area contributed by atoms with E-state index in [2.05, 4.69) is 9.72 Å². The van der Waals surface area contributed by atoms with Crippen LogP contribution in [0.25, 0.3) is 12.2 Å². The smallest absolute Gasteiger partial charge is 0.339 e. The van der Waals surface area contributed by atoms with Crippen molar-refractivity contribution >= 4 is 18.1 Å². The fourth-order valence-corrected chi connectivity index (χ4v) is 1.19.